The summed E-state index contributed by atoms with van der Waals surface area (Å²) in [6, 6.07) is 25.1. The van der Waals surface area contributed by atoms with Gasteiger partial charge in [-0.05, 0) is 65.7 Å². The van der Waals surface area contributed by atoms with E-state index in [-0.39, 0.29) is 33.9 Å². The Bertz CT molecular complexity index is 1580. The van der Waals surface area contributed by atoms with Gasteiger partial charge in [0.1, 0.15) is 23.0 Å². The molecule has 1 unspecified atom stereocenters. The summed E-state index contributed by atoms with van der Waals surface area (Å²) in [6.45, 7) is 0. The number of benzene rings is 4. The highest BCUT2D eigenvalue weighted by Crippen LogP contribution is 2.45. The number of phosphoric ester groups is 1. The lowest BCUT2D eigenvalue weighted by Gasteiger charge is -2.16. The van der Waals surface area contributed by atoms with Gasteiger partial charge in [-0.15, -0.1) is 0 Å². The topological polar surface area (TPSA) is 129 Å². The van der Waals surface area contributed by atoms with E-state index in [9.17, 15) is 24.2 Å². The van der Waals surface area contributed by atoms with Gasteiger partial charge in [0.2, 0.25) is 0 Å². The average Bonchev–Trinajstić information content (AvgIpc) is 2.96. The van der Waals surface area contributed by atoms with Crippen LogP contribution in [0, 0.1) is 0 Å². The third-order valence-corrected chi connectivity index (χ3v) is 6.60. The lowest BCUT2D eigenvalue weighted by molar-refractivity contribution is 0.0696. The molecule has 4 aromatic carbocycles. The minimum atomic E-state index is -4.54. The first kappa shape index (κ1) is 28.2. The molecule has 0 spiro atoms. The largest absolute Gasteiger partial charge is 0.584 e. The quantitative estimate of drug-likeness (QED) is 0.0929. The minimum absolute atomic E-state index is 0.0469. The predicted molar refractivity (Wildman–Crippen MR) is 149 cm³/mol. The molecule has 0 saturated carbocycles. The van der Waals surface area contributed by atoms with E-state index in [1.54, 1.807) is 60.7 Å². The van der Waals surface area contributed by atoms with Crippen LogP contribution < -0.4 is 18.5 Å². The van der Waals surface area contributed by atoms with Crippen molar-refractivity contribution in [2.45, 2.75) is 0 Å². The molecule has 2 N–H and O–H groups in total. The first-order chi connectivity index (χ1) is 19.2. The van der Waals surface area contributed by atoms with Gasteiger partial charge in [-0.3, -0.25) is 9.69 Å². The van der Waals surface area contributed by atoms with E-state index >= 15 is 0 Å². The van der Waals surface area contributed by atoms with Crippen LogP contribution in [0.15, 0.2) is 97.1 Å². The number of ether oxygens (including phenoxy) is 2. The third-order valence-electron chi connectivity index (χ3n) is 5.72. The molecule has 0 saturated heterocycles. The number of phosphoric acid groups is 1. The van der Waals surface area contributed by atoms with Crippen molar-refractivity contribution in [3.63, 3.8) is 0 Å². The van der Waals surface area contributed by atoms with Gasteiger partial charge in [0.25, 0.3) is 0 Å². The highest BCUT2D eigenvalue weighted by Gasteiger charge is 2.27. The molecule has 9 nitrogen and oxygen atoms in total. The fourth-order valence-electron chi connectivity index (χ4n) is 3.77. The number of rotatable bonds is 11. The van der Waals surface area contributed by atoms with Crippen LogP contribution in [0.2, 0.25) is 0 Å². The molecule has 0 bridgehead atoms. The standard InChI is InChI=1S/C30H25O9P/c1-36-23-14-12-21(13-15-23)27(18-20-8-10-22(11-9-20)30(32)33)29(31)26-17-16-25(19-28(26)37-2)39-40(34,35)38-24-6-4-3-5-7-24/h3-19H,1-2H3,(H,32,33)(H,34,35). The lowest BCUT2D eigenvalue weighted by Crippen LogP contribution is -2.06. The van der Waals surface area contributed by atoms with Crippen molar-refractivity contribution in [2.24, 2.45) is 0 Å². The number of para-hydroxylation sites is 1. The van der Waals surface area contributed by atoms with Crippen LogP contribution in [0.25, 0.3) is 11.6 Å². The first-order valence-electron chi connectivity index (χ1n) is 11.9. The minimum Gasteiger partial charge on any atom is -0.497 e. The second-order valence-corrected chi connectivity index (χ2v) is 9.67. The van der Waals surface area contributed by atoms with Crippen molar-refractivity contribution in [1.29, 1.82) is 0 Å². The Morgan fingerprint density at radius 1 is 0.725 bits per heavy atom. The summed E-state index contributed by atoms with van der Waals surface area (Å²) in [4.78, 5) is 35.3. The van der Waals surface area contributed by atoms with Crippen LogP contribution in [0.5, 0.6) is 23.0 Å². The van der Waals surface area contributed by atoms with Crippen LogP contribution >= 0.6 is 7.82 Å². The number of ketones is 1. The maximum absolute atomic E-state index is 13.9. The number of carboxylic acid groups (broad SMARTS) is 1. The normalized spacial score (nSPS) is 12.6. The lowest BCUT2D eigenvalue weighted by atomic mass is 9.94. The molecule has 40 heavy (non-hydrogen) atoms. The molecule has 0 aromatic heterocycles. The van der Waals surface area contributed by atoms with Crippen LogP contribution in [0.4, 0.5) is 0 Å². The number of allylic oxidation sites excluding steroid dienone is 1. The fraction of sp³-hybridized carbons (Fsp3) is 0.0667. The number of methoxy groups -OCH3 is 2. The molecule has 4 rings (SSSR count). The molecule has 0 aliphatic rings. The van der Waals surface area contributed by atoms with Gasteiger partial charge >= 0.3 is 13.8 Å². The van der Waals surface area contributed by atoms with Crippen LogP contribution in [-0.4, -0.2) is 36.0 Å². The number of hydrogen-bond acceptors (Lipinski definition) is 7. The van der Waals surface area contributed by atoms with Crippen LogP contribution in [-0.2, 0) is 4.57 Å². The van der Waals surface area contributed by atoms with E-state index < -0.39 is 19.6 Å². The van der Waals surface area contributed by atoms with Gasteiger partial charge in [-0.2, -0.15) is 0 Å². The SMILES string of the molecule is COc1ccc(C(=Cc2ccc(C(=O)O)cc2)C(=O)c2ccc(OP(=O)(O)Oc3ccccc3)cc2OC)cc1. The van der Waals surface area contributed by atoms with Crippen molar-refractivity contribution in [1.82, 2.24) is 0 Å². The Hall–Kier alpha value is -4.85. The summed E-state index contributed by atoms with van der Waals surface area (Å²) in [5.74, 6) is -0.666. The van der Waals surface area contributed by atoms with Crippen LogP contribution in [0.3, 0.4) is 0 Å². The Balaban J connectivity index is 1.68. The van der Waals surface area contributed by atoms with E-state index in [4.69, 9.17) is 18.5 Å². The molecule has 0 aliphatic heterocycles. The van der Waals surface area contributed by atoms with Gasteiger partial charge in [-0.25, -0.2) is 9.36 Å². The van der Waals surface area contributed by atoms with Gasteiger partial charge in [0.05, 0.1) is 25.3 Å². The summed E-state index contributed by atoms with van der Waals surface area (Å²) < 4.78 is 33.5. The Morgan fingerprint density at radius 2 is 1.32 bits per heavy atom. The van der Waals surface area contributed by atoms with Crippen molar-refractivity contribution in [3.8, 4) is 23.0 Å². The molecule has 0 fully saturated rings. The third kappa shape index (κ3) is 6.96. The Labute approximate surface area is 230 Å². The van der Waals surface area contributed by atoms with E-state index in [2.05, 4.69) is 0 Å². The first-order valence-corrected chi connectivity index (χ1v) is 13.4. The molecule has 4 aromatic rings. The molecular weight excluding hydrogens is 535 g/mol. The highest BCUT2D eigenvalue weighted by molar-refractivity contribution is 7.48. The summed E-state index contributed by atoms with van der Waals surface area (Å²) in [5.41, 5.74) is 1.74. The molecule has 0 heterocycles. The maximum Gasteiger partial charge on any atom is 0.584 e. The van der Waals surface area contributed by atoms with Gasteiger partial charge < -0.3 is 23.6 Å². The highest BCUT2D eigenvalue weighted by atomic mass is 31.2. The van der Waals surface area contributed by atoms with Gasteiger partial charge in [0, 0.05) is 11.6 Å². The van der Waals surface area contributed by atoms with Crippen molar-refractivity contribution >= 4 is 31.2 Å². The predicted octanol–water partition coefficient (Wildman–Crippen LogP) is 6.38. The summed E-state index contributed by atoms with van der Waals surface area (Å²) in [5, 5.41) is 9.20. The molecule has 0 aliphatic carbocycles. The Kier molecular flexibility index (Phi) is 8.69. The monoisotopic (exact) mass is 560 g/mol. The zero-order chi connectivity index (χ0) is 28.7. The number of carbonyl (C=O) groups is 2. The number of aromatic carboxylic acids is 1. The number of carboxylic acids is 1. The van der Waals surface area contributed by atoms with E-state index in [0.717, 1.165) is 0 Å². The molecular formula is C30H25O9P. The van der Waals surface area contributed by atoms with Gasteiger partial charge in [-0.1, -0.05) is 42.5 Å². The second kappa shape index (κ2) is 12.3. The zero-order valence-electron chi connectivity index (χ0n) is 21.5. The van der Waals surface area contributed by atoms with Gasteiger partial charge in [0.15, 0.2) is 5.78 Å². The average molecular weight is 560 g/mol. The smallest absolute Gasteiger partial charge is 0.497 e. The Morgan fingerprint density at radius 3 is 1.93 bits per heavy atom. The number of Topliss-reactive ketones (excluding diaryl/α,β-unsaturated/α-hetero) is 1. The van der Waals surface area contributed by atoms with E-state index in [1.165, 1.54) is 56.7 Å². The fourth-order valence-corrected chi connectivity index (χ4v) is 4.57. The maximum atomic E-state index is 13.9. The van der Waals surface area contributed by atoms with Crippen molar-refractivity contribution in [2.75, 3.05) is 14.2 Å². The van der Waals surface area contributed by atoms with Crippen molar-refractivity contribution < 1.29 is 42.7 Å². The number of carbonyl (C=O) groups excluding carboxylic acids is 1. The molecule has 1 atom stereocenters. The summed E-state index contributed by atoms with van der Waals surface area (Å²) >= 11 is 0. The summed E-state index contributed by atoms with van der Waals surface area (Å²) in [6.07, 6.45) is 1.63. The molecule has 204 valence electrons. The second-order valence-electron chi connectivity index (χ2n) is 8.37. The summed E-state index contributed by atoms with van der Waals surface area (Å²) in [7, 11) is -1.65. The molecule has 10 heteroatoms. The van der Waals surface area contributed by atoms with E-state index in [0.29, 0.717) is 16.9 Å². The van der Waals surface area contributed by atoms with E-state index in [1.807, 2.05) is 0 Å². The molecule has 0 radical (unpaired) electrons. The molecule has 0 amide bonds. The van der Waals surface area contributed by atoms with Crippen LogP contribution in [0.1, 0.15) is 31.8 Å². The number of hydrogen-bond donors (Lipinski definition) is 2. The zero-order valence-corrected chi connectivity index (χ0v) is 22.4. The van der Waals surface area contributed by atoms with Crippen molar-refractivity contribution in [3.05, 3.63) is 119 Å².